The molecule has 248 valence electrons. The van der Waals surface area contributed by atoms with Gasteiger partial charge in [-0.3, -0.25) is 9.59 Å². The highest BCUT2D eigenvalue weighted by atomic mass is 16.6. The summed E-state index contributed by atoms with van der Waals surface area (Å²) < 4.78 is 11.0. The van der Waals surface area contributed by atoms with E-state index < -0.39 is 53.1 Å². The zero-order valence-corrected chi connectivity index (χ0v) is 26.8. The van der Waals surface area contributed by atoms with Crippen molar-refractivity contribution >= 4 is 23.9 Å². The number of nitrogens with one attached hydrogen (secondary N) is 2. The summed E-state index contributed by atoms with van der Waals surface area (Å²) in [6.45, 7) is 7.71. The number of aliphatic carboxylic acids is 1. The second-order valence-electron chi connectivity index (χ2n) is 13.1. The first-order valence-electron chi connectivity index (χ1n) is 15.9. The second kappa shape index (κ2) is 13.5. The van der Waals surface area contributed by atoms with Crippen LogP contribution in [-0.4, -0.2) is 90.5 Å². The van der Waals surface area contributed by atoms with Crippen molar-refractivity contribution in [1.82, 2.24) is 35.7 Å². The average Bonchev–Trinajstić information content (AvgIpc) is 3.31. The van der Waals surface area contributed by atoms with E-state index in [1.54, 1.807) is 20.8 Å². The first kappa shape index (κ1) is 32.9. The fraction of sp³-hybridized carbons (Fsp3) is 0.594. The number of fused-ring (bicyclic) bond motifs is 2. The van der Waals surface area contributed by atoms with Crippen LogP contribution in [0.15, 0.2) is 36.4 Å². The number of carboxylic acid groups (broad SMARTS) is 1. The van der Waals surface area contributed by atoms with E-state index in [0.717, 1.165) is 19.3 Å². The lowest BCUT2D eigenvalue weighted by atomic mass is 10.0. The Morgan fingerprint density at radius 2 is 1.91 bits per heavy atom. The van der Waals surface area contributed by atoms with Crippen molar-refractivity contribution in [3.63, 3.8) is 0 Å². The van der Waals surface area contributed by atoms with E-state index in [1.807, 2.05) is 43.3 Å². The molecule has 3 aliphatic rings. The molecule has 2 fully saturated rings. The van der Waals surface area contributed by atoms with Gasteiger partial charge in [0.05, 0.1) is 12.6 Å². The van der Waals surface area contributed by atoms with E-state index in [1.165, 1.54) is 9.70 Å². The standard InChI is InChI=1S/C32H43N7O7/c1-5-45-23-15-13-20(14-16-23)26-35-37-39(36-26)22-17-25-27(40)34-32(29(42)43)18-21(32)11-9-7-6-8-10-12-24(28(41)38(25)19-22)33-30(44)46-31(2,3)4/h9,11,13-16,21-22,24-25H,5-8,10,12,17-19H2,1-4H3,(H,33,44)(H,34,40)(H,42,43)/b11-9-/t21-,22-,24+,25-,32-/m0/s1. The van der Waals surface area contributed by atoms with Gasteiger partial charge in [0.2, 0.25) is 17.6 Å². The Balaban J connectivity index is 1.42. The van der Waals surface area contributed by atoms with E-state index in [4.69, 9.17) is 9.47 Å². The van der Waals surface area contributed by atoms with E-state index in [-0.39, 0.29) is 25.3 Å². The van der Waals surface area contributed by atoms with Gasteiger partial charge in [0.1, 0.15) is 29.0 Å². The number of alkyl carbamates (subject to hydrolysis) is 1. The van der Waals surface area contributed by atoms with Gasteiger partial charge in [-0.05, 0) is 82.9 Å². The van der Waals surface area contributed by atoms with Crippen molar-refractivity contribution < 1.29 is 33.8 Å². The fourth-order valence-corrected chi connectivity index (χ4v) is 6.06. The number of carbonyl (C=O) groups is 4. The van der Waals surface area contributed by atoms with Crippen LogP contribution in [-0.2, 0) is 19.1 Å². The number of aromatic nitrogens is 4. The van der Waals surface area contributed by atoms with E-state index in [0.29, 0.717) is 36.6 Å². The Kier molecular flexibility index (Phi) is 9.63. The van der Waals surface area contributed by atoms with Crippen LogP contribution in [0.1, 0.15) is 78.7 Å². The number of carboxylic acids is 1. The van der Waals surface area contributed by atoms with Crippen LogP contribution in [0.2, 0.25) is 0 Å². The van der Waals surface area contributed by atoms with Crippen LogP contribution >= 0.6 is 0 Å². The molecule has 0 spiro atoms. The maximum atomic E-state index is 14.2. The number of hydrogen-bond acceptors (Lipinski definition) is 9. The molecule has 3 heterocycles. The summed E-state index contributed by atoms with van der Waals surface area (Å²) in [6.07, 6.45) is 6.90. The fourth-order valence-electron chi connectivity index (χ4n) is 6.06. The van der Waals surface area contributed by atoms with Crippen LogP contribution in [0.4, 0.5) is 4.79 Å². The van der Waals surface area contributed by atoms with Crippen molar-refractivity contribution in [1.29, 1.82) is 0 Å². The third-order valence-corrected chi connectivity index (χ3v) is 8.51. The molecule has 1 saturated carbocycles. The number of allylic oxidation sites excluding steroid dienone is 1. The Hall–Kier alpha value is -4.49. The van der Waals surface area contributed by atoms with Gasteiger partial charge in [0.25, 0.3) is 0 Å². The van der Waals surface area contributed by atoms with Crippen molar-refractivity contribution in [2.24, 2.45) is 5.92 Å². The van der Waals surface area contributed by atoms with Gasteiger partial charge in [0, 0.05) is 24.4 Å². The molecule has 0 unspecified atom stereocenters. The topological polar surface area (TPSA) is 178 Å². The van der Waals surface area contributed by atoms with Crippen LogP contribution in [0.25, 0.3) is 11.4 Å². The molecule has 3 N–H and O–H groups in total. The number of carbonyl (C=O) groups excluding carboxylic acids is 3. The minimum atomic E-state index is -1.43. The quantitative estimate of drug-likeness (QED) is 0.398. The van der Waals surface area contributed by atoms with Gasteiger partial charge in [-0.2, -0.15) is 4.80 Å². The van der Waals surface area contributed by atoms with Gasteiger partial charge in [-0.25, -0.2) is 9.59 Å². The predicted molar refractivity (Wildman–Crippen MR) is 166 cm³/mol. The van der Waals surface area contributed by atoms with E-state index in [9.17, 15) is 24.3 Å². The minimum Gasteiger partial charge on any atom is -0.494 e. The molecule has 1 aromatic heterocycles. The normalized spacial score (nSPS) is 27.7. The molecule has 0 bridgehead atoms. The number of benzene rings is 1. The monoisotopic (exact) mass is 637 g/mol. The minimum absolute atomic E-state index is 0.0614. The molecule has 3 amide bonds. The van der Waals surface area contributed by atoms with E-state index >= 15 is 0 Å². The van der Waals surface area contributed by atoms with Gasteiger partial charge >= 0.3 is 12.1 Å². The third kappa shape index (κ3) is 7.48. The molecule has 2 aromatic rings. The number of nitrogens with zero attached hydrogens (tertiary/aromatic N) is 5. The molecule has 2 aliphatic heterocycles. The maximum Gasteiger partial charge on any atom is 0.408 e. The van der Waals surface area contributed by atoms with Crippen LogP contribution in [0.3, 0.4) is 0 Å². The molecule has 5 atom stereocenters. The van der Waals surface area contributed by atoms with Gasteiger partial charge in [0.15, 0.2) is 0 Å². The van der Waals surface area contributed by atoms with Crippen molar-refractivity contribution in [2.75, 3.05) is 13.2 Å². The molecule has 1 aromatic carbocycles. The van der Waals surface area contributed by atoms with Crippen molar-refractivity contribution in [2.45, 2.75) is 102 Å². The first-order chi connectivity index (χ1) is 21.9. The summed E-state index contributed by atoms with van der Waals surface area (Å²) in [7, 11) is 0. The second-order valence-corrected chi connectivity index (χ2v) is 13.1. The molecule has 0 radical (unpaired) electrons. The lowest BCUT2D eigenvalue weighted by molar-refractivity contribution is -0.145. The third-order valence-electron chi connectivity index (χ3n) is 8.51. The highest BCUT2D eigenvalue weighted by Crippen LogP contribution is 2.45. The van der Waals surface area contributed by atoms with E-state index in [2.05, 4.69) is 26.0 Å². The summed E-state index contributed by atoms with van der Waals surface area (Å²) in [6, 6.07) is 4.76. The Morgan fingerprint density at radius 1 is 1.15 bits per heavy atom. The molecular formula is C32H43N7O7. The van der Waals surface area contributed by atoms with Crippen LogP contribution < -0.4 is 15.4 Å². The first-order valence-corrected chi connectivity index (χ1v) is 15.9. The summed E-state index contributed by atoms with van der Waals surface area (Å²) >= 11 is 0. The average molecular weight is 638 g/mol. The van der Waals surface area contributed by atoms with Gasteiger partial charge in [-0.15, -0.1) is 10.2 Å². The largest absolute Gasteiger partial charge is 0.494 e. The molecule has 1 saturated heterocycles. The Labute approximate surface area is 267 Å². The number of amides is 3. The van der Waals surface area contributed by atoms with Crippen molar-refractivity contribution in [3.8, 4) is 17.1 Å². The van der Waals surface area contributed by atoms with Crippen LogP contribution in [0.5, 0.6) is 5.75 Å². The summed E-state index contributed by atoms with van der Waals surface area (Å²) in [5.74, 6) is -1.40. The van der Waals surface area contributed by atoms with Gasteiger partial charge < -0.3 is 30.1 Å². The summed E-state index contributed by atoms with van der Waals surface area (Å²) in [5, 5.41) is 28.6. The predicted octanol–water partition coefficient (Wildman–Crippen LogP) is 3.25. The Morgan fingerprint density at radius 3 is 2.61 bits per heavy atom. The number of tetrazole rings is 1. The smallest absolute Gasteiger partial charge is 0.408 e. The Bertz CT molecular complexity index is 1470. The summed E-state index contributed by atoms with van der Waals surface area (Å²) in [5.41, 5.74) is -1.48. The molecule has 46 heavy (non-hydrogen) atoms. The van der Waals surface area contributed by atoms with Crippen molar-refractivity contribution in [3.05, 3.63) is 36.4 Å². The lowest BCUT2D eigenvalue weighted by Gasteiger charge is -2.30. The van der Waals surface area contributed by atoms with Crippen LogP contribution in [0, 0.1) is 5.92 Å². The zero-order chi connectivity index (χ0) is 33.1. The summed E-state index contributed by atoms with van der Waals surface area (Å²) in [4.78, 5) is 56.0. The molecule has 1 aliphatic carbocycles. The SMILES string of the molecule is CCOc1ccc(-c2nnn([C@H]3C[C@H]4C(=O)N[C@@]5(C(=O)O)C[C@@H]5/C=C\CCCCC[C@@H](NC(=O)OC(C)(C)C)C(=O)N4C3)n2)cc1. The maximum absolute atomic E-state index is 14.2. The molecular weight excluding hydrogens is 594 g/mol. The molecule has 14 nitrogen and oxygen atoms in total. The molecule has 5 rings (SSSR count). The highest BCUT2D eigenvalue weighted by molar-refractivity contribution is 5.96. The van der Waals surface area contributed by atoms with Gasteiger partial charge in [-0.1, -0.05) is 25.0 Å². The highest BCUT2D eigenvalue weighted by Gasteiger charge is 2.61. The number of ether oxygens (including phenoxy) is 2. The molecule has 14 heteroatoms. The zero-order valence-electron chi connectivity index (χ0n) is 26.8. The lowest BCUT2D eigenvalue weighted by Crippen LogP contribution is -2.56. The number of rotatable bonds is 6. The number of hydrogen-bond donors (Lipinski definition) is 3.